The fraction of sp³-hybridized carbons (Fsp3) is 0.556. The van der Waals surface area contributed by atoms with E-state index in [1.165, 1.54) is 0 Å². The van der Waals surface area contributed by atoms with E-state index >= 15 is 0 Å². The zero-order valence-electron chi connectivity index (χ0n) is 20.3. The highest BCUT2D eigenvalue weighted by atomic mass is 19.4. The molecule has 7 heteroatoms. The summed E-state index contributed by atoms with van der Waals surface area (Å²) >= 11 is 0. The molecule has 0 fully saturated rings. The van der Waals surface area contributed by atoms with E-state index in [1.807, 2.05) is 13.8 Å². The minimum atomic E-state index is -5.65. The Morgan fingerprint density at radius 3 is 1.24 bits per heavy atom. The third kappa shape index (κ3) is 5.38. The van der Waals surface area contributed by atoms with Crippen LogP contribution in [0, 0.1) is 0 Å². The van der Waals surface area contributed by atoms with Crippen molar-refractivity contribution < 1.29 is 31.4 Å². The number of alkyl halides is 6. The molecule has 34 heavy (non-hydrogen) atoms. The molecule has 2 rings (SSSR count). The number of benzene rings is 2. The van der Waals surface area contributed by atoms with Crippen LogP contribution in [0.15, 0.2) is 30.3 Å². The first-order chi connectivity index (χ1) is 15.9. The van der Waals surface area contributed by atoms with Crippen LogP contribution in [0.25, 0.3) is 0 Å². The monoisotopic (exact) mass is 488 g/mol. The molecular formula is C27H34F6O. The van der Waals surface area contributed by atoms with Gasteiger partial charge in [-0.25, -0.2) is 0 Å². The van der Waals surface area contributed by atoms with Crippen LogP contribution >= 0.6 is 0 Å². The number of hydrogen-bond donors (Lipinski definition) is 1. The standard InChI is InChI=1S/C27H34F6O/c1-5-9-18-13-19(10-6-2)15-22(14-18)25(26(28,29)30,27(31,32)33)23-16-20(11-7-3)24(34)21(17-23)12-8-4/h13-17,34H,5-12H2,1-4H3. The Labute approximate surface area is 198 Å². The first-order valence-electron chi connectivity index (χ1n) is 12.0. The van der Waals surface area contributed by atoms with Gasteiger partial charge in [0.15, 0.2) is 0 Å². The van der Waals surface area contributed by atoms with Crippen molar-refractivity contribution in [2.24, 2.45) is 0 Å². The van der Waals surface area contributed by atoms with Crippen LogP contribution in [-0.4, -0.2) is 17.5 Å². The third-order valence-electron chi connectivity index (χ3n) is 6.15. The van der Waals surface area contributed by atoms with Crippen molar-refractivity contribution in [3.05, 3.63) is 63.7 Å². The largest absolute Gasteiger partial charge is 0.507 e. The molecule has 0 saturated carbocycles. The van der Waals surface area contributed by atoms with Gasteiger partial charge in [0.1, 0.15) is 5.75 Å². The molecule has 190 valence electrons. The molecule has 0 atom stereocenters. The first-order valence-corrected chi connectivity index (χ1v) is 12.0. The smallest absolute Gasteiger partial charge is 0.411 e. The maximum absolute atomic E-state index is 14.8. The number of aromatic hydroxyl groups is 1. The summed E-state index contributed by atoms with van der Waals surface area (Å²) in [5.41, 5.74) is -4.75. The van der Waals surface area contributed by atoms with E-state index in [2.05, 4.69) is 0 Å². The molecule has 2 aromatic rings. The molecule has 0 aliphatic carbocycles. The SMILES string of the molecule is CCCc1cc(CCC)cc(C(c2cc(CCC)c(O)c(CCC)c2)(C(F)(F)F)C(F)(F)F)c1. The van der Waals surface area contributed by atoms with Gasteiger partial charge < -0.3 is 5.11 Å². The van der Waals surface area contributed by atoms with E-state index in [9.17, 15) is 31.4 Å². The normalized spacial score (nSPS) is 12.9. The summed E-state index contributed by atoms with van der Waals surface area (Å²) in [6.07, 6.45) is -8.03. The van der Waals surface area contributed by atoms with Crippen molar-refractivity contribution in [1.29, 1.82) is 0 Å². The van der Waals surface area contributed by atoms with E-state index in [1.54, 1.807) is 19.9 Å². The van der Waals surface area contributed by atoms with Crippen LogP contribution in [0.3, 0.4) is 0 Å². The van der Waals surface area contributed by atoms with Gasteiger partial charge in [-0.3, -0.25) is 0 Å². The van der Waals surface area contributed by atoms with Crippen LogP contribution in [0.4, 0.5) is 26.3 Å². The summed E-state index contributed by atoms with van der Waals surface area (Å²) in [6.45, 7) is 7.19. The minimum Gasteiger partial charge on any atom is -0.507 e. The summed E-state index contributed by atoms with van der Waals surface area (Å²) < 4.78 is 89.0. The van der Waals surface area contributed by atoms with Crippen molar-refractivity contribution in [2.45, 2.75) is 96.8 Å². The van der Waals surface area contributed by atoms with Gasteiger partial charge in [-0.05, 0) is 59.1 Å². The highest BCUT2D eigenvalue weighted by Crippen LogP contribution is 2.57. The summed E-state index contributed by atoms with van der Waals surface area (Å²) in [5.74, 6) is -0.211. The second-order valence-electron chi connectivity index (χ2n) is 8.93. The fourth-order valence-electron chi connectivity index (χ4n) is 4.72. The quantitative estimate of drug-likeness (QED) is 0.332. The van der Waals surface area contributed by atoms with Crippen molar-refractivity contribution in [3.8, 4) is 5.75 Å². The van der Waals surface area contributed by atoms with E-state index in [-0.39, 0.29) is 29.7 Å². The number of phenolic OH excluding ortho intramolecular Hbond substituents is 1. The molecule has 0 unspecified atom stereocenters. The van der Waals surface area contributed by atoms with Crippen LogP contribution < -0.4 is 0 Å². The van der Waals surface area contributed by atoms with Gasteiger partial charge in [0.25, 0.3) is 0 Å². The molecule has 2 aromatic carbocycles. The van der Waals surface area contributed by atoms with E-state index < -0.39 is 28.9 Å². The molecule has 0 amide bonds. The molecule has 1 N–H and O–H groups in total. The van der Waals surface area contributed by atoms with E-state index in [0.29, 0.717) is 49.7 Å². The average molecular weight is 489 g/mol. The zero-order chi connectivity index (χ0) is 25.7. The van der Waals surface area contributed by atoms with Gasteiger partial charge in [-0.15, -0.1) is 0 Å². The maximum atomic E-state index is 14.8. The van der Waals surface area contributed by atoms with E-state index in [4.69, 9.17) is 0 Å². The summed E-state index contributed by atoms with van der Waals surface area (Å²) in [7, 11) is 0. The van der Waals surface area contributed by atoms with Gasteiger partial charge in [-0.1, -0.05) is 83.7 Å². The van der Waals surface area contributed by atoms with Gasteiger partial charge in [-0.2, -0.15) is 26.3 Å². The lowest BCUT2D eigenvalue weighted by atomic mass is 9.70. The number of phenols is 1. The lowest BCUT2D eigenvalue weighted by molar-refractivity contribution is -0.288. The highest BCUT2D eigenvalue weighted by Gasteiger charge is 2.72. The van der Waals surface area contributed by atoms with Crippen LogP contribution in [-0.2, 0) is 31.1 Å². The number of aryl methyl sites for hydroxylation is 4. The molecule has 0 aliphatic heterocycles. The second-order valence-corrected chi connectivity index (χ2v) is 8.93. The molecule has 0 heterocycles. The average Bonchev–Trinajstić information content (AvgIpc) is 2.70. The van der Waals surface area contributed by atoms with Crippen LogP contribution in [0.1, 0.15) is 86.8 Å². The third-order valence-corrected chi connectivity index (χ3v) is 6.15. The zero-order valence-corrected chi connectivity index (χ0v) is 20.3. The number of halogens is 6. The van der Waals surface area contributed by atoms with Crippen LogP contribution in [0.5, 0.6) is 5.75 Å². The predicted molar refractivity (Wildman–Crippen MR) is 123 cm³/mol. The van der Waals surface area contributed by atoms with Gasteiger partial charge in [0.2, 0.25) is 5.41 Å². The van der Waals surface area contributed by atoms with Crippen molar-refractivity contribution in [2.75, 3.05) is 0 Å². The minimum absolute atomic E-state index is 0.111. The Morgan fingerprint density at radius 2 is 0.912 bits per heavy atom. The summed E-state index contributed by atoms with van der Waals surface area (Å²) in [6, 6.07) is 5.65. The van der Waals surface area contributed by atoms with Crippen molar-refractivity contribution in [3.63, 3.8) is 0 Å². The lowest BCUT2D eigenvalue weighted by Crippen LogP contribution is -2.55. The van der Waals surface area contributed by atoms with Gasteiger partial charge in [0.05, 0.1) is 0 Å². The van der Waals surface area contributed by atoms with Gasteiger partial charge >= 0.3 is 12.4 Å². The lowest BCUT2D eigenvalue weighted by Gasteiger charge is -2.39. The number of rotatable bonds is 10. The Kier molecular flexibility index (Phi) is 9.11. The van der Waals surface area contributed by atoms with Crippen LogP contribution in [0.2, 0.25) is 0 Å². The number of hydrogen-bond acceptors (Lipinski definition) is 1. The fourth-order valence-corrected chi connectivity index (χ4v) is 4.72. The molecule has 0 spiro atoms. The maximum Gasteiger partial charge on any atom is 0.411 e. The van der Waals surface area contributed by atoms with Crippen molar-refractivity contribution >= 4 is 0 Å². The molecule has 1 nitrogen and oxygen atoms in total. The summed E-state index contributed by atoms with van der Waals surface area (Å²) in [4.78, 5) is 0. The topological polar surface area (TPSA) is 20.2 Å². The molecule has 0 bridgehead atoms. The highest BCUT2D eigenvalue weighted by molar-refractivity contribution is 5.53. The molecule has 0 aliphatic rings. The van der Waals surface area contributed by atoms with E-state index in [0.717, 1.165) is 24.3 Å². The molecule has 0 saturated heterocycles. The molecular weight excluding hydrogens is 454 g/mol. The predicted octanol–water partition coefficient (Wildman–Crippen LogP) is 8.61. The van der Waals surface area contributed by atoms with Crippen molar-refractivity contribution in [1.82, 2.24) is 0 Å². The Morgan fingerprint density at radius 1 is 0.559 bits per heavy atom. The Hall–Kier alpha value is -2.18. The first kappa shape index (κ1) is 28.1. The Bertz CT molecular complexity index is 893. The van der Waals surface area contributed by atoms with Gasteiger partial charge in [0, 0.05) is 0 Å². The molecule has 0 aromatic heterocycles. The Balaban J connectivity index is 3.05. The molecule has 0 radical (unpaired) electrons. The second kappa shape index (κ2) is 11.0. The summed E-state index contributed by atoms with van der Waals surface area (Å²) in [5, 5.41) is 10.6.